The molecule has 2 aromatic heterocycles. The summed E-state index contributed by atoms with van der Waals surface area (Å²) in [7, 11) is 0. The van der Waals surface area contributed by atoms with Gasteiger partial charge < -0.3 is 14.8 Å². The number of pyridine rings is 1. The highest BCUT2D eigenvalue weighted by molar-refractivity contribution is 6.42. The zero-order valence-corrected chi connectivity index (χ0v) is 17.0. The molecule has 1 aromatic carbocycles. The Balaban J connectivity index is 1.36. The smallest absolute Gasteiger partial charge is 0.247 e. The molecule has 3 aromatic rings. The highest BCUT2D eigenvalue weighted by Gasteiger charge is 2.26. The average Bonchev–Trinajstić information content (AvgIpc) is 3.12. The van der Waals surface area contributed by atoms with Crippen molar-refractivity contribution >= 4 is 52.0 Å². The maximum absolute atomic E-state index is 12.5. The molecule has 0 bridgehead atoms. The minimum Gasteiger partial charge on any atom is -0.357 e. The predicted octanol–water partition coefficient (Wildman–Crippen LogP) is 3.75. The fourth-order valence-electron chi connectivity index (χ4n) is 3.28. The monoisotopic (exact) mass is 428 g/mol. The number of carbonyl (C=O) groups excluding carboxylic acids is 2. The van der Waals surface area contributed by atoms with Gasteiger partial charge in [-0.15, -0.1) is 0 Å². The summed E-state index contributed by atoms with van der Waals surface area (Å²) < 4.78 is 0. The van der Waals surface area contributed by atoms with E-state index in [1.807, 2.05) is 12.1 Å². The number of benzene rings is 1. The van der Waals surface area contributed by atoms with E-state index < -0.39 is 0 Å². The number of hydrogen-bond acceptors (Lipinski definition) is 3. The van der Waals surface area contributed by atoms with Gasteiger partial charge in [0.05, 0.1) is 16.6 Å². The fraction of sp³-hybridized carbons (Fsp3) is 0.190. The number of fused-ring (bicyclic) bond motifs is 1. The molecule has 0 atom stereocenters. The molecule has 3 heterocycles. The molecular weight excluding hydrogens is 411 g/mol. The number of H-pyrrole nitrogens is 1. The number of aromatic amines is 1. The van der Waals surface area contributed by atoms with Crippen LogP contribution >= 0.6 is 23.2 Å². The van der Waals surface area contributed by atoms with E-state index in [0.717, 1.165) is 22.2 Å². The van der Waals surface area contributed by atoms with Gasteiger partial charge >= 0.3 is 0 Å². The number of rotatable bonds is 4. The van der Waals surface area contributed by atoms with Crippen LogP contribution in [0.5, 0.6) is 0 Å². The maximum atomic E-state index is 12.5. The Kier molecular flexibility index (Phi) is 5.56. The molecule has 0 aliphatic carbocycles. The van der Waals surface area contributed by atoms with Crippen LogP contribution in [0, 0.1) is 0 Å². The van der Waals surface area contributed by atoms with Gasteiger partial charge in [0, 0.05) is 48.2 Å². The molecule has 1 aliphatic heterocycles. The van der Waals surface area contributed by atoms with E-state index in [1.54, 1.807) is 46.5 Å². The van der Waals surface area contributed by atoms with E-state index in [0.29, 0.717) is 29.7 Å². The lowest BCUT2D eigenvalue weighted by molar-refractivity contribution is -0.143. The van der Waals surface area contributed by atoms with Gasteiger partial charge in [-0.3, -0.25) is 14.6 Å². The number of nitrogens with zero attached hydrogens (tertiary/aromatic N) is 3. The van der Waals surface area contributed by atoms with Crippen molar-refractivity contribution in [2.24, 2.45) is 0 Å². The number of aromatic nitrogens is 2. The van der Waals surface area contributed by atoms with E-state index in [1.165, 1.54) is 6.08 Å². The van der Waals surface area contributed by atoms with E-state index in [-0.39, 0.29) is 18.4 Å². The predicted molar refractivity (Wildman–Crippen MR) is 114 cm³/mol. The van der Waals surface area contributed by atoms with Gasteiger partial charge in [0.15, 0.2) is 0 Å². The summed E-state index contributed by atoms with van der Waals surface area (Å²) in [4.78, 5) is 35.7. The molecule has 1 aliphatic rings. The molecule has 0 radical (unpaired) electrons. The normalized spacial score (nSPS) is 14.9. The SMILES string of the molecule is O=C(C=Cc1ccc(Cl)c(Cl)c1)N1CCN(Cc2cc3cnccc3[nH]2)C(=O)C1. The van der Waals surface area contributed by atoms with Crippen LogP contribution in [-0.2, 0) is 16.1 Å². The van der Waals surface area contributed by atoms with Gasteiger partial charge in [-0.25, -0.2) is 0 Å². The van der Waals surface area contributed by atoms with Gasteiger partial charge in [-0.05, 0) is 35.9 Å². The Morgan fingerprint density at radius 2 is 2.03 bits per heavy atom. The van der Waals surface area contributed by atoms with Gasteiger partial charge in [-0.2, -0.15) is 0 Å². The highest BCUT2D eigenvalue weighted by Crippen LogP contribution is 2.23. The maximum Gasteiger partial charge on any atom is 0.247 e. The average molecular weight is 429 g/mol. The van der Waals surface area contributed by atoms with Crippen molar-refractivity contribution in [1.82, 2.24) is 19.8 Å². The number of halogens is 2. The third-order valence-electron chi connectivity index (χ3n) is 4.83. The zero-order chi connectivity index (χ0) is 20.4. The molecule has 0 spiro atoms. The van der Waals surface area contributed by atoms with Crippen LogP contribution in [0.1, 0.15) is 11.3 Å². The molecular formula is C21H18Cl2N4O2. The van der Waals surface area contributed by atoms with Crippen molar-refractivity contribution in [3.63, 3.8) is 0 Å². The number of hydrogen-bond donors (Lipinski definition) is 1. The first-order chi connectivity index (χ1) is 14.0. The molecule has 0 saturated carbocycles. The molecule has 4 rings (SSSR count). The first-order valence-electron chi connectivity index (χ1n) is 9.11. The van der Waals surface area contributed by atoms with E-state index in [9.17, 15) is 9.59 Å². The van der Waals surface area contributed by atoms with Crippen LogP contribution in [-0.4, -0.2) is 51.2 Å². The molecule has 1 N–H and O–H groups in total. The summed E-state index contributed by atoms with van der Waals surface area (Å²) in [5.74, 6) is -0.287. The van der Waals surface area contributed by atoms with Crippen LogP contribution in [0.4, 0.5) is 0 Å². The molecule has 2 amide bonds. The van der Waals surface area contributed by atoms with Crippen molar-refractivity contribution in [1.29, 1.82) is 0 Å². The molecule has 29 heavy (non-hydrogen) atoms. The number of carbonyl (C=O) groups is 2. The lowest BCUT2D eigenvalue weighted by Crippen LogP contribution is -2.51. The minimum absolute atomic E-state index is 0.0618. The molecule has 8 heteroatoms. The largest absolute Gasteiger partial charge is 0.357 e. The van der Waals surface area contributed by atoms with E-state index >= 15 is 0 Å². The van der Waals surface area contributed by atoms with Gasteiger partial charge in [0.25, 0.3) is 0 Å². The van der Waals surface area contributed by atoms with E-state index in [4.69, 9.17) is 23.2 Å². The Labute approximate surface area is 177 Å². The van der Waals surface area contributed by atoms with Gasteiger partial charge in [0.2, 0.25) is 11.8 Å². The summed E-state index contributed by atoms with van der Waals surface area (Å²) in [5, 5.41) is 1.90. The Morgan fingerprint density at radius 1 is 1.17 bits per heavy atom. The Bertz CT molecular complexity index is 1080. The van der Waals surface area contributed by atoms with Crippen molar-refractivity contribution in [3.8, 4) is 0 Å². The fourth-order valence-corrected chi connectivity index (χ4v) is 3.58. The van der Waals surface area contributed by atoms with Gasteiger partial charge in [-0.1, -0.05) is 29.3 Å². The quantitative estimate of drug-likeness (QED) is 0.643. The summed E-state index contributed by atoms with van der Waals surface area (Å²) in [6.45, 7) is 1.51. The minimum atomic E-state index is -0.208. The lowest BCUT2D eigenvalue weighted by Gasteiger charge is -2.33. The van der Waals surface area contributed by atoms with Crippen LogP contribution in [0.25, 0.3) is 17.0 Å². The molecule has 0 unspecified atom stereocenters. The second kappa shape index (κ2) is 8.27. The number of piperazine rings is 1. The summed E-state index contributed by atoms with van der Waals surface area (Å²) in [5.41, 5.74) is 2.70. The van der Waals surface area contributed by atoms with Crippen LogP contribution < -0.4 is 0 Å². The molecule has 6 nitrogen and oxygen atoms in total. The summed E-state index contributed by atoms with van der Waals surface area (Å²) >= 11 is 11.9. The third kappa shape index (κ3) is 4.44. The standard InChI is InChI=1S/C21H18Cl2N4O2/c22-17-3-1-14(9-18(17)23)2-4-20(28)27-8-7-26(21(29)13-27)12-16-10-15-11-24-6-5-19(15)25-16/h1-6,9-11,25H,7-8,12-13H2. The molecule has 148 valence electrons. The summed E-state index contributed by atoms with van der Waals surface area (Å²) in [6, 6.07) is 9.03. The second-order valence-electron chi connectivity index (χ2n) is 6.84. The number of nitrogens with one attached hydrogen (secondary N) is 1. The van der Waals surface area contributed by atoms with Crippen molar-refractivity contribution in [2.75, 3.05) is 19.6 Å². The topological polar surface area (TPSA) is 69.3 Å². The Morgan fingerprint density at radius 3 is 2.79 bits per heavy atom. The zero-order valence-electron chi connectivity index (χ0n) is 15.4. The molecule has 1 saturated heterocycles. The number of amides is 2. The van der Waals surface area contributed by atoms with Crippen LogP contribution in [0.2, 0.25) is 10.0 Å². The van der Waals surface area contributed by atoms with E-state index in [2.05, 4.69) is 9.97 Å². The molecule has 1 fully saturated rings. The Hall–Kier alpha value is -2.83. The summed E-state index contributed by atoms with van der Waals surface area (Å²) in [6.07, 6.45) is 6.63. The third-order valence-corrected chi connectivity index (χ3v) is 5.57. The highest BCUT2D eigenvalue weighted by atomic mass is 35.5. The first kappa shape index (κ1) is 19.5. The lowest BCUT2D eigenvalue weighted by atomic mass is 10.2. The van der Waals surface area contributed by atoms with Crippen LogP contribution in [0.3, 0.4) is 0 Å². The van der Waals surface area contributed by atoms with Crippen molar-refractivity contribution < 1.29 is 9.59 Å². The van der Waals surface area contributed by atoms with Crippen molar-refractivity contribution in [2.45, 2.75) is 6.54 Å². The van der Waals surface area contributed by atoms with Gasteiger partial charge in [0.1, 0.15) is 6.54 Å². The van der Waals surface area contributed by atoms with Crippen molar-refractivity contribution in [3.05, 3.63) is 70.1 Å². The first-order valence-corrected chi connectivity index (χ1v) is 9.86. The van der Waals surface area contributed by atoms with Crippen LogP contribution in [0.15, 0.2) is 48.8 Å². The second-order valence-corrected chi connectivity index (χ2v) is 7.65.